The fraction of sp³-hybridized carbons (Fsp3) is 0.409. The third-order valence-electron chi connectivity index (χ3n) is 5.73. The van der Waals surface area contributed by atoms with E-state index in [2.05, 4.69) is 22.3 Å². The average molecular weight is 369 g/mol. The summed E-state index contributed by atoms with van der Waals surface area (Å²) in [4.78, 5) is 15.7. The SMILES string of the molecule is O=C(N[C@H](CN1CCCC1)c1ccccc1)C1(c2ccc(Cl)cc2)CC1. The van der Waals surface area contributed by atoms with Gasteiger partial charge in [0.25, 0.3) is 0 Å². The molecule has 0 bridgehead atoms. The zero-order valence-electron chi connectivity index (χ0n) is 15.0. The predicted molar refractivity (Wildman–Crippen MR) is 105 cm³/mol. The maximum Gasteiger partial charge on any atom is 0.231 e. The molecule has 0 unspecified atom stereocenters. The zero-order chi connectivity index (χ0) is 18.0. The Hall–Kier alpha value is -1.84. The molecule has 0 radical (unpaired) electrons. The van der Waals surface area contributed by atoms with Crippen LogP contribution in [0.2, 0.25) is 5.02 Å². The van der Waals surface area contributed by atoms with Crippen LogP contribution in [0.4, 0.5) is 0 Å². The monoisotopic (exact) mass is 368 g/mol. The second-order valence-electron chi connectivity index (χ2n) is 7.53. The lowest BCUT2D eigenvalue weighted by atomic mass is 9.94. The van der Waals surface area contributed by atoms with E-state index in [1.54, 1.807) is 0 Å². The molecule has 1 aliphatic carbocycles. The van der Waals surface area contributed by atoms with Crippen LogP contribution < -0.4 is 5.32 Å². The fourth-order valence-corrected chi connectivity index (χ4v) is 4.11. The number of amides is 1. The highest BCUT2D eigenvalue weighted by molar-refractivity contribution is 6.30. The van der Waals surface area contributed by atoms with Gasteiger partial charge in [-0.1, -0.05) is 54.1 Å². The summed E-state index contributed by atoms with van der Waals surface area (Å²) in [5.74, 6) is 0.146. The van der Waals surface area contributed by atoms with Gasteiger partial charge in [-0.2, -0.15) is 0 Å². The smallest absolute Gasteiger partial charge is 0.231 e. The van der Waals surface area contributed by atoms with Gasteiger partial charge in [0.15, 0.2) is 0 Å². The first-order valence-corrected chi connectivity index (χ1v) is 9.89. The van der Waals surface area contributed by atoms with E-state index < -0.39 is 0 Å². The van der Waals surface area contributed by atoms with E-state index >= 15 is 0 Å². The molecule has 136 valence electrons. The van der Waals surface area contributed by atoms with E-state index in [1.165, 1.54) is 18.4 Å². The van der Waals surface area contributed by atoms with Gasteiger partial charge in [-0.3, -0.25) is 4.79 Å². The van der Waals surface area contributed by atoms with E-state index in [9.17, 15) is 4.79 Å². The van der Waals surface area contributed by atoms with Gasteiger partial charge in [0, 0.05) is 11.6 Å². The molecule has 1 saturated carbocycles. The molecule has 1 N–H and O–H groups in total. The summed E-state index contributed by atoms with van der Waals surface area (Å²) in [7, 11) is 0. The molecule has 2 fully saturated rings. The van der Waals surface area contributed by atoms with Crippen molar-refractivity contribution in [1.29, 1.82) is 0 Å². The molecule has 4 heteroatoms. The van der Waals surface area contributed by atoms with Crippen LogP contribution in [-0.2, 0) is 10.2 Å². The van der Waals surface area contributed by atoms with Gasteiger partial charge < -0.3 is 10.2 Å². The highest BCUT2D eigenvalue weighted by atomic mass is 35.5. The largest absolute Gasteiger partial charge is 0.347 e. The van der Waals surface area contributed by atoms with Crippen LogP contribution >= 0.6 is 11.6 Å². The van der Waals surface area contributed by atoms with Crippen molar-refractivity contribution in [3.63, 3.8) is 0 Å². The van der Waals surface area contributed by atoms with Gasteiger partial charge in [0.2, 0.25) is 5.91 Å². The number of halogens is 1. The van der Waals surface area contributed by atoms with Crippen LogP contribution in [0.15, 0.2) is 54.6 Å². The molecule has 1 heterocycles. The molecule has 0 spiro atoms. The molecule has 3 nitrogen and oxygen atoms in total. The standard InChI is InChI=1S/C22H25ClN2O/c23-19-10-8-18(9-11-19)22(12-13-22)21(26)24-20(16-25-14-4-5-15-25)17-6-2-1-3-7-17/h1-3,6-11,20H,4-5,12-16H2,(H,24,26)/t20-/m1/s1. The van der Waals surface area contributed by atoms with E-state index in [4.69, 9.17) is 11.6 Å². The lowest BCUT2D eigenvalue weighted by Gasteiger charge is -2.27. The number of nitrogens with zero attached hydrogens (tertiary/aromatic N) is 1. The molecule has 0 aromatic heterocycles. The minimum absolute atomic E-state index is 0.0339. The van der Waals surface area contributed by atoms with Gasteiger partial charge >= 0.3 is 0 Å². The second kappa shape index (κ2) is 7.42. The summed E-state index contributed by atoms with van der Waals surface area (Å²) in [6.45, 7) is 3.13. The lowest BCUT2D eigenvalue weighted by Crippen LogP contribution is -2.41. The highest BCUT2D eigenvalue weighted by Crippen LogP contribution is 2.49. The molecule has 4 rings (SSSR count). The first-order chi connectivity index (χ1) is 12.7. The molecular weight excluding hydrogens is 344 g/mol. The van der Waals surface area contributed by atoms with Crippen molar-refractivity contribution in [2.45, 2.75) is 37.1 Å². The van der Waals surface area contributed by atoms with Gasteiger partial charge in [-0.25, -0.2) is 0 Å². The number of carbonyl (C=O) groups excluding carboxylic acids is 1. The molecule has 26 heavy (non-hydrogen) atoms. The maximum atomic E-state index is 13.2. The Morgan fingerprint density at radius 3 is 2.31 bits per heavy atom. The minimum Gasteiger partial charge on any atom is -0.347 e. The number of benzene rings is 2. The summed E-state index contributed by atoms with van der Waals surface area (Å²) in [5, 5.41) is 4.07. The zero-order valence-corrected chi connectivity index (χ0v) is 15.7. The number of carbonyl (C=O) groups is 1. The predicted octanol–water partition coefficient (Wildman–Crippen LogP) is 4.32. The molecule has 2 aromatic rings. The van der Waals surface area contributed by atoms with Crippen LogP contribution in [0, 0.1) is 0 Å². The third-order valence-corrected chi connectivity index (χ3v) is 5.98. The van der Waals surface area contributed by atoms with Crippen LogP contribution in [-0.4, -0.2) is 30.4 Å². The molecule has 1 atom stereocenters. The van der Waals surface area contributed by atoms with Gasteiger partial charge in [0.05, 0.1) is 11.5 Å². The number of likely N-dealkylation sites (tertiary alicyclic amines) is 1. The summed E-state index contributed by atoms with van der Waals surface area (Å²) < 4.78 is 0. The van der Waals surface area contributed by atoms with Gasteiger partial charge in [0.1, 0.15) is 0 Å². The Bertz CT molecular complexity index is 749. The van der Waals surface area contributed by atoms with Crippen molar-refractivity contribution in [1.82, 2.24) is 10.2 Å². The van der Waals surface area contributed by atoms with Crippen molar-refractivity contribution >= 4 is 17.5 Å². The second-order valence-corrected chi connectivity index (χ2v) is 7.97. The number of nitrogens with one attached hydrogen (secondary N) is 1. The van der Waals surface area contributed by atoms with E-state index in [0.717, 1.165) is 38.0 Å². The Balaban J connectivity index is 1.53. The summed E-state index contributed by atoms with van der Waals surface area (Å²) >= 11 is 6.02. The van der Waals surface area contributed by atoms with Gasteiger partial charge in [-0.15, -0.1) is 0 Å². The van der Waals surface area contributed by atoms with Crippen LogP contribution in [0.25, 0.3) is 0 Å². The van der Waals surface area contributed by atoms with Crippen molar-refractivity contribution < 1.29 is 4.79 Å². The molecule has 1 saturated heterocycles. The number of hydrogen-bond donors (Lipinski definition) is 1. The van der Waals surface area contributed by atoms with Crippen molar-refractivity contribution in [2.75, 3.05) is 19.6 Å². The molecule has 2 aliphatic rings. The van der Waals surface area contributed by atoms with Gasteiger partial charge in [-0.05, 0) is 62.0 Å². The van der Waals surface area contributed by atoms with E-state index in [0.29, 0.717) is 5.02 Å². The summed E-state index contributed by atoms with van der Waals surface area (Å²) in [6, 6.07) is 18.1. The Labute approximate surface area is 160 Å². The third kappa shape index (κ3) is 3.65. The van der Waals surface area contributed by atoms with Crippen molar-refractivity contribution in [3.05, 3.63) is 70.7 Å². The first-order valence-electron chi connectivity index (χ1n) is 9.52. The number of rotatable bonds is 6. The molecule has 1 amide bonds. The van der Waals surface area contributed by atoms with E-state index in [-0.39, 0.29) is 17.4 Å². The average Bonchev–Trinajstić information content (AvgIpc) is 3.32. The minimum atomic E-state index is -0.372. The summed E-state index contributed by atoms with van der Waals surface area (Å²) in [5.41, 5.74) is 1.88. The van der Waals surface area contributed by atoms with Crippen LogP contribution in [0.3, 0.4) is 0 Å². The Morgan fingerprint density at radius 2 is 1.69 bits per heavy atom. The van der Waals surface area contributed by atoms with Crippen LogP contribution in [0.1, 0.15) is 42.9 Å². The van der Waals surface area contributed by atoms with Crippen molar-refractivity contribution in [2.24, 2.45) is 0 Å². The lowest BCUT2D eigenvalue weighted by molar-refractivity contribution is -0.124. The molecular formula is C22H25ClN2O. The Morgan fingerprint density at radius 1 is 1.04 bits per heavy atom. The van der Waals surface area contributed by atoms with E-state index in [1.807, 2.05) is 42.5 Å². The Kier molecular flexibility index (Phi) is 5.01. The molecule has 1 aliphatic heterocycles. The van der Waals surface area contributed by atoms with Crippen LogP contribution in [0.5, 0.6) is 0 Å². The van der Waals surface area contributed by atoms with Crippen molar-refractivity contribution in [3.8, 4) is 0 Å². The quantitative estimate of drug-likeness (QED) is 0.823. The highest BCUT2D eigenvalue weighted by Gasteiger charge is 2.51. The fourth-order valence-electron chi connectivity index (χ4n) is 3.98. The maximum absolute atomic E-state index is 13.2. The molecule has 2 aromatic carbocycles. The topological polar surface area (TPSA) is 32.3 Å². The normalized spacial score (nSPS) is 19.9. The number of hydrogen-bond acceptors (Lipinski definition) is 2. The first kappa shape index (κ1) is 17.6. The summed E-state index contributed by atoms with van der Waals surface area (Å²) in [6.07, 6.45) is 4.33.